The van der Waals surface area contributed by atoms with Gasteiger partial charge in [0.2, 0.25) is 5.91 Å². The molecule has 0 spiro atoms. The van der Waals surface area contributed by atoms with E-state index in [0.29, 0.717) is 18.5 Å². The van der Waals surface area contributed by atoms with Crippen LogP contribution < -0.4 is 0 Å². The van der Waals surface area contributed by atoms with Gasteiger partial charge >= 0.3 is 0 Å². The zero-order valence-electron chi connectivity index (χ0n) is 10.5. The van der Waals surface area contributed by atoms with E-state index in [2.05, 4.69) is 0 Å². The molecule has 1 aromatic rings. The number of nitrogens with zero attached hydrogens (tertiary/aromatic N) is 1. The fraction of sp³-hybridized carbons (Fsp3) is 0.462. The van der Waals surface area contributed by atoms with Crippen molar-refractivity contribution >= 4 is 17.5 Å². The molecule has 0 saturated heterocycles. The summed E-state index contributed by atoms with van der Waals surface area (Å²) >= 11 is 5.86. The van der Waals surface area contributed by atoms with Crippen LogP contribution >= 0.6 is 11.6 Å². The first-order valence-electron chi connectivity index (χ1n) is 5.76. The number of likely N-dealkylation sites (N-methyl/N-ethyl adjacent to an activating group) is 1. The summed E-state index contributed by atoms with van der Waals surface area (Å²) in [5, 5.41) is 9.40. The fourth-order valence-electron chi connectivity index (χ4n) is 1.47. The van der Waals surface area contributed by atoms with Crippen molar-refractivity contribution < 1.29 is 14.3 Å². The lowest BCUT2D eigenvalue weighted by molar-refractivity contribution is -0.129. The van der Waals surface area contributed by atoms with Crippen molar-refractivity contribution in [3.05, 3.63) is 34.6 Å². The second-order valence-electron chi connectivity index (χ2n) is 4.37. The standard InChI is InChI=1S/C13H17ClFNO2/c1-9(17)5-6-16(2)13(18)7-10-3-4-11(15)8-12(10)14/h3-4,8-9,17H,5-7H2,1-2H3. The smallest absolute Gasteiger partial charge is 0.226 e. The quantitative estimate of drug-likeness (QED) is 0.894. The highest BCUT2D eigenvalue weighted by molar-refractivity contribution is 6.31. The van der Waals surface area contributed by atoms with Gasteiger partial charge in [-0.1, -0.05) is 17.7 Å². The van der Waals surface area contributed by atoms with Crippen LogP contribution in [-0.2, 0) is 11.2 Å². The Bertz CT molecular complexity index is 423. The van der Waals surface area contributed by atoms with Gasteiger partial charge in [-0.25, -0.2) is 4.39 Å². The summed E-state index contributed by atoms with van der Waals surface area (Å²) in [6.07, 6.45) is 0.226. The van der Waals surface area contributed by atoms with E-state index in [4.69, 9.17) is 16.7 Å². The van der Waals surface area contributed by atoms with Crippen LogP contribution in [0, 0.1) is 5.82 Å². The van der Waals surface area contributed by atoms with E-state index >= 15 is 0 Å². The molecule has 1 atom stereocenters. The van der Waals surface area contributed by atoms with Gasteiger partial charge in [0.25, 0.3) is 0 Å². The van der Waals surface area contributed by atoms with Gasteiger partial charge in [-0.05, 0) is 31.0 Å². The highest BCUT2D eigenvalue weighted by Gasteiger charge is 2.12. The number of hydrogen-bond donors (Lipinski definition) is 1. The minimum absolute atomic E-state index is 0.107. The normalized spacial score (nSPS) is 12.3. The highest BCUT2D eigenvalue weighted by Crippen LogP contribution is 2.18. The zero-order chi connectivity index (χ0) is 13.7. The van der Waals surface area contributed by atoms with E-state index in [1.165, 1.54) is 23.1 Å². The van der Waals surface area contributed by atoms with Crippen molar-refractivity contribution in [1.82, 2.24) is 4.90 Å². The van der Waals surface area contributed by atoms with Crippen LogP contribution in [-0.4, -0.2) is 35.6 Å². The fourth-order valence-corrected chi connectivity index (χ4v) is 1.70. The van der Waals surface area contributed by atoms with Gasteiger partial charge in [-0.15, -0.1) is 0 Å². The molecule has 0 bridgehead atoms. The topological polar surface area (TPSA) is 40.5 Å². The van der Waals surface area contributed by atoms with E-state index in [0.717, 1.165) is 0 Å². The number of carbonyl (C=O) groups is 1. The third-order valence-electron chi connectivity index (χ3n) is 2.66. The van der Waals surface area contributed by atoms with Crippen LogP contribution in [0.25, 0.3) is 0 Å². The Morgan fingerprint density at radius 3 is 2.78 bits per heavy atom. The molecule has 0 aliphatic heterocycles. The molecule has 18 heavy (non-hydrogen) atoms. The van der Waals surface area contributed by atoms with Crippen LogP contribution in [0.5, 0.6) is 0 Å². The number of amides is 1. The minimum Gasteiger partial charge on any atom is -0.393 e. The van der Waals surface area contributed by atoms with Crippen molar-refractivity contribution in [2.24, 2.45) is 0 Å². The molecule has 1 rings (SSSR count). The van der Waals surface area contributed by atoms with Crippen LogP contribution in [0.1, 0.15) is 18.9 Å². The molecule has 1 unspecified atom stereocenters. The Balaban J connectivity index is 2.58. The molecule has 0 aromatic heterocycles. The highest BCUT2D eigenvalue weighted by atomic mass is 35.5. The summed E-state index contributed by atoms with van der Waals surface area (Å²) in [6.45, 7) is 2.16. The lowest BCUT2D eigenvalue weighted by atomic mass is 10.1. The Morgan fingerprint density at radius 1 is 1.56 bits per heavy atom. The van der Waals surface area contributed by atoms with Crippen molar-refractivity contribution in [2.75, 3.05) is 13.6 Å². The summed E-state index contributed by atoms with van der Waals surface area (Å²) in [4.78, 5) is 13.4. The van der Waals surface area contributed by atoms with Gasteiger partial charge in [-0.2, -0.15) is 0 Å². The molecule has 0 aliphatic rings. The second kappa shape index (κ2) is 6.71. The van der Waals surface area contributed by atoms with Gasteiger partial charge < -0.3 is 10.0 Å². The molecule has 1 amide bonds. The van der Waals surface area contributed by atoms with Crippen LogP contribution in [0.3, 0.4) is 0 Å². The average Bonchev–Trinajstić information content (AvgIpc) is 2.29. The van der Waals surface area contributed by atoms with E-state index in [-0.39, 0.29) is 17.4 Å². The average molecular weight is 274 g/mol. The second-order valence-corrected chi connectivity index (χ2v) is 4.77. The Labute approximate surface area is 111 Å². The van der Waals surface area contributed by atoms with E-state index < -0.39 is 11.9 Å². The third-order valence-corrected chi connectivity index (χ3v) is 3.02. The van der Waals surface area contributed by atoms with E-state index in [9.17, 15) is 9.18 Å². The maximum atomic E-state index is 12.8. The predicted octanol–water partition coefficient (Wildman–Crippen LogP) is 2.25. The van der Waals surface area contributed by atoms with Gasteiger partial charge in [0, 0.05) is 18.6 Å². The van der Waals surface area contributed by atoms with Crippen molar-refractivity contribution in [2.45, 2.75) is 25.9 Å². The number of carbonyl (C=O) groups excluding carboxylic acids is 1. The summed E-state index contributed by atoms with van der Waals surface area (Å²) < 4.78 is 12.8. The van der Waals surface area contributed by atoms with Crippen molar-refractivity contribution in [1.29, 1.82) is 0 Å². The molecular weight excluding hydrogens is 257 g/mol. The summed E-state index contributed by atoms with van der Waals surface area (Å²) in [5.41, 5.74) is 0.604. The van der Waals surface area contributed by atoms with Gasteiger partial charge in [0.05, 0.1) is 12.5 Å². The first-order chi connectivity index (χ1) is 8.40. The number of aliphatic hydroxyl groups excluding tert-OH is 1. The maximum absolute atomic E-state index is 12.8. The molecule has 0 fully saturated rings. The largest absolute Gasteiger partial charge is 0.393 e. The Kier molecular flexibility index (Phi) is 5.56. The molecule has 3 nitrogen and oxygen atoms in total. The molecule has 5 heteroatoms. The summed E-state index contributed by atoms with van der Waals surface area (Å²) in [7, 11) is 1.67. The summed E-state index contributed by atoms with van der Waals surface area (Å²) in [5.74, 6) is -0.525. The van der Waals surface area contributed by atoms with Crippen molar-refractivity contribution in [3.8, 4) is 0 Å². The molecular formula is C13H17ClFNO2. The Morgan fingerprint density at radius 2 is 2.22 bits per heavy atom. The van der Waals surface area contributed by atoms with Gasteiger partial charge in [0.15, 0.2) is 0 Å². The first-order valence-corrected chi connectivity index (χ1v) is 6.14. The van der Waals surface area contributed by atoms with E-state index in [1.54, 1.807) is 14.0 Å². The van der Waals surface area contributed by atoms with E-state index in [1.807, 2.05) is 0 Å². The number of benzene rings is 1. The lowest BCUT2D eigenvalue weighted by Gasteiger charge is -2.18. The third kappa shape index (κ3) is 4.63. The SMILES string of the molecule is CC(O)CCN(C)C(=O)Cc1ccc(F)cc1Cl. The Hall–Kier alpha value is -1.13. The first kappa shape index (κ1) is 14.9. The van der Waals surface area contributed by atoms with Gasteiger partial charge in [0.1, 0.15) is 5.82 Å². The molecule has 0 aliphatic carbocycles. The maximum Gasteiger partial charge on any atom is 0.226 e. The molecule has 0 radical (unpaired) electrons. The van der Waals surface area contributed by atoms with Crippen LogP contribution in [0.2, 0.25) is 5.02 Å². The number of halogens is 2. The molecule has 0 heterocycles. The lowest BCUT2D eigenvalue weighted by Crippen LogP contribution is -2.30. The molecule has 100 valence electrons. The zero-order valence-corrected chi connectivity index (χ0v) is 11.2. The molecule has 0 saturated carbocycles. The van der Waals surface area contributed by atoms with Crippen LogP contribution in [0.4, 0.5) is 4.39 Å². The van der Waals surface area contributed by atoms with Gasteiger partial charge in [-0.3, -0.25) is 4.79 Å². The predicted molar refractivity (Wildman–Crippen MR) is 69.0 cm³/mol. The number of hydrogen-bond acceptors (Lipinski definition) is 2. The minimum atomic E-state index is -0.436. The summed E-state index contributed by atoms with van der Waals surface area (Å²) in [6, 6.07) is 3.99. The monoisotopic (exact) mass is 273 g/mol. The number of aliphatic hydroxyl groups is 1. The number of rotatable bonds is 5. The molecule has 1 aromatic carbocycles. The van der Waals surface area contributed by atoms with Crippen molar-refractivity contribution in [3.63, 3.8) is 0 Å². The molecule has 1 N–H and O–H groups in total. The van der Waals surface area contributed by atoms with Crippen LogP contribution in [0.15, 0.2) is 18.2 Å².